The van der Waals surface area contributed by atoms with Crippen LogP contribution < -0.4 is 16.6 Å². The maximum Gasteiger partial charge on any atom is 0.347 e. The molecule has 11 heteroatoms. The van der Waals surface area contributed by atoms with Crippen molar-refractivity contribution in [2.75, 3.05) is 13.7 Å². The lowest BCUT2D eigenvalue weighted by atomic mass is 10.00. The van der Waals surface area contributed by atoms with Gasteiger partial charge in [0.15, 0.2) is 6.23 Å². The highest BCUT2D eigenvalue weighted by molar-refractivity contribution is 5.70. The van der Waals surface area contributed by atoms with Gasteiger partial charge in [-0.05, 0) is 19.8 Å². The Bertz CT molecular complexity index is 775. The molecule has 3 rings (SSSR count). The van der Waals surface area contributed by atoms with Crippen LogP contribution in [0.1, 0.15) is 32.4 Å². The molecule has 0 spiro atoms. The lowest BCUT2D eigenvalue weighted by molar-refractivity contribution is -0.145. The van der Waals surface area contributed by atoms with Crippen LogP contribution in [0.5, 0.6) is 0 Å². The molecule has 2 heterocycles. The van der Waals surface area contributed by atoms with Gasteiger partial charge in [-0.25, -0.2) is 4.79 Å². The molecule has 11 nitrogen and oxygen atoms in total. The number of aromatic amines is 1. The van der Waals surface area contributed by atoms with E-state index in [4.69, 9.17) is 14.2 Å². The fourth-order valence-electron chi connectivity index (χ4n) is 3.24. The van der Waals surface area contributed by atoms with Crippen LogP contribution in [0.4, 0.5) is 0 Å². The number of nitrogens with zero attached hydrogens (tertiary/aromatic N) is 2. The summed E-state index contributed by atoms with van der Waals surface area (Å²) in [5.74, 6) is -0.397. The minimum absolute atomic E-state index is 0.0300. The number of rotatable bonds is 8. The topological polar surface area (TPSA) is 145 Å². The minimum atomic E-state index is -1.22. The molecule has 1 saturated carbocycles. The Kier molecular flexibility index (Phi) is 6.05. The van der Waals surface area contributed by atoms with E-state index >= 15 is 0 Å². The fraction of sp³-hybridized carbons (Fsp3) is 0.750. The number of hydrogen-bond donors (Lipinski definition) is 3. The van der Waals surface area contributed by atoms with Gasteiger partial charge in [0.25, 0.3) is 5.56 Å². The molecule has 0 aromatic carbocycles. The number of hydrogen-bond acceptors (Lipinski definition) is 9. The fourth-order valence-corrected chi connectivity index (χ4v) is 3.24. The third kappa shape index (κ3) is 4.43. The molecule has 27 heavy (non-hydrogen) atoms. The van der Waals surface area contributed by atoms with Gasteiger partial charge in [-0.1, -0.05) is 0 Å². The van der Waals surface area contributed by atoms with Crippen molar-refractivity contribution >= 4 is 5.97 Å². The summed E-state index contributed by atoms with van der Waals surface area (Å²) >= 11 is 0. The number of carbonyl (C=O) groups excluding carboxylic acids is 1. The number of aliphatic hydroxyl groups is 1. The lowest BCUT2D eigenvalue weighted by Crippen LogP contribution is -2.49. The van der Waals surface area contributed by atoms with Gasteiger partial charge in [0.1, 0.15) is 24.5 Å². The highest BCUT2D eigenvalue weighted by Crippen LogP contribution is 2.33. The van der Waals surface area contributed by atoms with E-state index in [1.165, 1.54) is 7.11 Å². The van der Waals surface area contributed by atoms with Crippen molar-refractivity contribution in [3.05, 3.63) is 27.0 Å². The Morgan fingerprint density at radius 1 is 1.52 bits per heavy atom. The largest absolute Gasteiger partial charge is 0.466 e. The lowest BCUT2D eigenvalue weighted by Gasteiger charge is -2.27. The molecule has 2 fully saturated rings. The molecule has 5 atom stereocenters. The van der Waals surface area contributed by atoms with Crippen LogP contribution >= 0.6 is 0 Å². The van der Waals surface area contributed by atoms with Crippen molar-refractivity contribution in [1.29, 1.82) is 0 Å². The molecule has 0 bridgehead atoms. The van der Waals surface area contributed by atoms with Gasteiger partial charge in [0, 0.05) is 19.2 Å². The maximum absolute atomic E-state index is 12.0. The van der Waals surface area contributed by atoms with Crippen molar-refractivity contribution in [2.45, 2.75) is 62.8 Å². The Balaban J connectivity index is 1.84. The van der Waals surface area contributed by atoms with Gasteiger partial charge in [0.2, 0.25) is 0 Å². The van der Waals surface area contributed by atoms with Gasteiger partial charge in [0.05, 0.1) is 13.0 Å². The van der Waals surface area contributed by atoms with E-state index in [1.807, 2.05) is 0 Å². The van der Waals surface area contributed by atoms with Crippen molar-refractivity contribution in [3.8, 4) is 0 Å². The second kappa shape index (κ2) is 8.30. The van der Waals surface area contributed by atoms with Crippen molar-refractivity contribution < 1.29 is 24.1 Å². The van der Waals surface area contributed by atoms with Gasteiger partial charge >= 0.3 is 11.7 Å². The number of nitrogens with one attached hydrogen (secondary N) is 2. The Labute approximate surface area is 154 Å². The van der Waals surface area contributed by atoms with Crippen LogP contribution in [0.15, 0.2) is 15.8 Å². The first-order valence-electron chi connectivity index (χ1n) is 8.90. The number of ether oxygens (including phenoxy) is 3. The SMILES string of the molecule is CCOC(=O)CC(NC1CC1)C1O[C@H](n2ncc(=O)[nH]c2=O)[C@H](O)[C@H]1OC. The van der Waals surface area contributed by atoms with E-state index in [-0.39, 0.29) is 19.1 Å². The van der Waals surface area contributed by atoms with Gasteiger partial charge in [-0.3, -0.25) is 14.6 Å². The summed E-state index contributed by atoms with van der Waals surface area (Å²) in [4.78, 5) is 37.3. The average Bonchev–Trinajstić information content (AvgIpc) is 3.37. The number of aromatic nitrogens is 3. The smallest absolute Gasteiger partial charge is 0.347 e. The van der Waals surface area contributed by atoms with E-state index in [0.717, 1.165) is 23.7 Å². The molecule has 3 N–H and O–H groups in total. The maximum atomic E-state index is 12.0. The first-order valence-corrected chi connectivity index (χ1v) is 8.90. The van der Waals surface area contributed by atoms with E-state index in [1.54, 1.807) is 6.92 Å². The molecule has 1 aliphatic carbocycles. The van der Waals surface area contributed by atoms with E-state index < -0.39 is 47.8 Å². The summed E-state index contributed by atoms with van der Waals surface area (Å²) in [5, 5.41) is 17.7. The number of methoxy groups -OCH3 is 1. The predicted octanol–water partition coefficient (Wildman–Crippen LogP) is -1.72. The van der Waals surface area contributed by atoms with E-state index in [9.17, 15) is 19.5 Å². The van der Waals surface area contributed by atoms with Crippen LogP contribution in [0, 0.1) is 0 Å². The van der Waals surface area contributed by atoms with Gasteiger partial charge in [-0.2, -0.15) is 9.78 Å². The summed E-state index contributed by atoms with van der Waals surface area (Å²) in [5.41, 5.74) is -1.46. The van der Waals surface area contributed by atoms with Crippen LogP contribution in [-0.2, 0) is 19.0 Å². The van der Waals surface area contributed by atoms with Crippen LogP contribution in [0.3, 0.4) is 0 Å². The quantitative estimate of drug-likeness (QED) is 0.446. The highest BCUT2D eigenvalue weighted by Gasteiger charge is 2.50. The number of carbonyl (C=O) groups is 1. The zero-order valence-electron chi connectivity index (χ0n) is 15.2. The molecular weight excluding hydrogens is 360 g/mol. The summed E-state index contributed by atoms with van der Waals surface area (Å²) in [7, 11) is 1.41. The highest BCUT2D eigenvalue weighted by atomic mass is 16.6. The second-order valence-electron chi connectivity index (χ2n) is 6.62. The first-order chi connectivity index (χ1) is 12.9. The standard InChI is InChI=1S/C16H24N4O7/c1-3-26-11(22)6-9(18-8-4-5-8)13-14(25-2)12(23)15(27-13)20-16(24)19-10(21)7-17-20/h7-9,12-15,18,23H,3-6H2,1-2H3,(H,19,21,24)/t9?,12-,13?,14-,15+/m1/s1. The molecule has 1 aromatic rings. The van der Waals surface area contributed by atoms with Gasteiger partial charge < -0.3 is 24.6 Å². The third-order valence-corrected chi connectivity index (χ3v) is 4.62. The summed E-state index contributed by atoms with van der Waals surface area (Å²) in [6.07, 6.45) is -0.987. The van der Waals surface area contributed by atoms with E-state index in [2.05, 4.69) is 15.4 Å². The minimum Gasteiger partial charge on any atom is -0.466 e. The summed E-state index contributed by atoms with van der Waals surface area (Å²) in [6, 6.07) is -0.213. The Morgan fingerprint density at radius 3 is 2.85 bits per heavy atom. The Hall–Kier alpha value is -2.08. The average molecular weight is 384 g/mol. The zero-order chi connectivity index (χ0) is 19.6. The molecular formula is C16H24N4O7. The van der Waals surface area contributed by atoms with Crippen molar-refractivity contribution in [1.82, 2.24) is 20.1 Å². The second-order valence-corrected chi connectivity index (χ2v) is 6.62. The first kappa shape index (κ1) is 19.7. The normalized spacial score (nSPS) is 28.9. The van der Waals surface area contributed by atoms with Crippen LogP contribution in [0.2, 0.25) is 0 Å². The van der Waals surface area contributed by atoms with Crippen LogP contribution in [-0.4, -0.2) is 70.0 Å². The van der Waals surface area contributed by atoms with E-state index in [0.29, 0.717) is 0 Å². The molecule has 150 valence electrons. The molecule has 1 aromatic heterocycles. The number of esters is 1. The Morgan fingerprint density at radius 2 is 2.26 bits per heavy atom. The van der Waals surface area contributed by atoms with Crippen molar-refractivity contribution in [2.24, 2.45) is 0 Å². The number of H-pyrrole nitrogens is 1. The third-order valence-electron chi connectivity index (χ3n) is 4.62. The molecule has 2 aliphatic rings. The molecule has 0 radical (unpaired) electrons. The molecule has 1 saturated heterocycles. The predicted molar refractivity (Wildman–Crippen MR) is 91.0 cm³/mol. The number of aliphatic hydroxyl groups excluding tert-OH is 1. The van der Waals surface area contributed by atoms with Crippen LogP contribution in [0.25, 0.3) is 0 Å². The van der Waals surface area contributed by atoms with Crippen molar-refractivity contribution in [3.63, 3.8) is 0 Å². The van der Waals surface area contributed by atoms with Gasteiger partial charge in [-0.15, -0.1) is 0 Å². The zero-order valence-corrected chi connectivity index (χ0v) is 15.2. The summed E-state index contributed by atoms with van der Waals surface area (Å²) in [6.45, 7) is 1.98. The molecule has 0 amide bonds. The summed E-state index contributed by atoms with van der Waals surface area (Å²) < 4.78 is 17.2. The molecule has 2 unspecified atom stereocenters. The monoisotopic (exact) mass is 384 g/mol. The molecule has 1 aliphatic heterocycles.